The molecular weight excluding hydrogens is 501 g/mol. The highest BCUT2D eigenvalue weighted by molar-refractivity contribution is 5.95. The van der Waals surface area contributed by atoms with Gasteiger partial charge in [-0.2, -0.15) is 5.10 Å². The highest BCUT2D eigenvalue weighted by atomic mass is 19.1. The molecule has 0 unspecified atom stereocenters. The van der Waals surface area contributed by atoms with Gasteiger partial charge in [-0.05, 0) is 36.6 Å². The number of aryl methyl sites for hydroxylation is 1. The first-order chi connectivity index (χ1) is 18.9. The van der Waals surface area contributed by atoms with Crippen LogP contribution in [0.5, 0.6) is 5.75 Å². The number of carbonyl (C=O) groups is 1. The Labute approximate surface area is 225 Å². The molecule has 39 heavy (non-hydrogen) atoms. The fraction of sp³-hybridized carbons (Fsp3) is 0.321. The minimum atomic E-state index is -0.564. The van der Waals surface area contributed by atoms with E-state index in [9.17, 15) is 14.0 Å². The highest BCUT2D eigenvalue weighted by Gasteiger charge is 2.29. The predicted molar refractivity (Wildman–Crippen MR) is 144 cm³/mol. The molecule has 1 amide bonds. The number of aromatic nitrogens is 5. The number of benzene rings is 2. The minimum Gasteiger partial charge on any atom is -0.481 e. The maximum Gasteiger partial charge on any atom is 0.298 e. The fourth-order valence-electron chi connectivity index (χ4n) is 4.48. The highest BCUT2D eigenvalue weighted by Crippen LogP contribution is 2.23. The first-order valence-corrected chi connectivity index (χ1v) is 13.0. The molecule has 1 aliphatic rings. The van der Waals surface area contributed by atoms with Crippen LogP contribution in [-0.4, -0.2) is 43.3 Å². The summed E-state index contributed by atoms with van der Waals surface area (Å²) in [7, 11) is 0. The number of nitrogens with one attached hydrogen (secondary N) is 1. The Hall–Kier alpha value is -4.54. The Morgan fingerprint density at radius 3 is 2.72 bits per heavy atom. The summed E-state index contributed by atoms with van der Waals surface area (Å²) >= 11 is 0. The lowest BCUT2D eigenvalue weighted by Gasteiger charge is -2.19. The number of hydrogen-bond acceptors (Lipinski definition) is 7. The number of hydrogen-bond donors (Lipinski definition) is 1. The first-order valence-electron chi connectivity index (χ1n) is 13.0. The van der Waals surface area contributed by atoms with Gasteiger partial charge < -0.3 is 15.0 Å². The van der Waals surface area contributed by atoms with Gasteiger partial charge in [0.15, 0.2) is 5.69 Å². The summed E-state index contributed by atoms with van der Waals surface area (Å²) < 4.78 is 23.0. The number of ether oxygens (including phenoxy) is 1. The second-order valence-corrected chi connectivity index (χ2v) is 9.35. The number of rotatable bonds is 10. The van der Waals surface area contributed by atoms with Crippen LogP contribution in [0.3, 0.4) is 0 Å². The summed E-state index contributed by atoms with van der Waals surface area (Å²) in [6, 6.07) is 13.6. The molecule has 1 aliphatic heterocycles. The summed E-state index contributed by atoms with van der Waals surface area (Å²) in [6.45, 7) is 5.85. The third kappa shape index (κ3) is 5.66. The SMILES string of the molecule is CCCCN1CCn2c1nc(C(=O)NCc1ccc(F)cc1-n1cnc(C)n1)c(OCc1ccccc1)c2=O. The molecule has 3 heterocycles. The Morgan fingerprint density at radius 1 is 1.15 bits per heavy atom. The largest absolute Gasteiger partial charge is 0.481 e. The van der Waals surface area contributed by atoms with Crippen molar-refractivity contribution < 1.29 is 13.9 Å². The van der Waals surface area contributed by atoms with Crippen LogP contribution in [0.1, 0.15) is 47.2 Å². The van der Waals surface area contributed by atoms with Gasteiger partial charge in [0.05, 0.1) is 5.69 Å². The van der Waals surface area contributed by atoms with Crippen molar-refractivity contribution in [2.45, 2.75) is 46.4 Å². The number of halogens is 1. The lowest BCUT2D eigenvalue weighted by Crippen LogP contribution is -2.31. The Balaban J connectivity index is 1.45. The topological polar surface area (TPSA) is 107 Å². The van der Waals surface area contributed by atoms with Gasteiger partial charge in [0.25, 0.3) is 11.5 Å². The van der Waals surface area contributed by atoms with E-state index in [0.717, 1.165) is 24.9 Å². The molecule has 0 radical (unpaired) electrons. The maximum absolute atomic E-state index is 14.1. The molecule has 0 bridgehead atoms. The Kier molecular flexibility index (Phi) is 7.67. The Morgan fingerprint density at radius 2 is 1.97 bits per heavy atom. The van der Waals surface area contributed by atoms with Crippen LogP contribution < -0.4 is 20.5 Å². The molecule has 4 aromatic rings. The van der Waals surface area contributed by atoms with Gasteiger partial charge in [0, 0.05) is 26.2 Å². The number of nitrogens with zero attached hydrogens (tertiary/aromatic N) is 6. The number of fused-ring (bicyclic) bond motifs is 1. The van der Waals surface area contributed by atoms with E-state index in [1.165, 1.54) is 23.1 Å². The zero-order chi connectivity index (χ0) is 27.4. The van der Waals surface area contributed by atoms with Gasteiger partial charge in [0.2, 0.25) is 11.7 Å². The molecule has 0 spiro atoms. The van der Waals surface area contributed by atoms with Crippen molar-refractivity contribution in [3.63, 3.8) is 0 Å². The van der Waals surface area contributed by atoms with E-state index >= 15 is 0 Å². The summed E-state index contributed by atoms with van der Waals surface area (Å²) in [5, 5.41) is 7.10. The normalized spacial score (nSPS) is 12.4. The smallest absolute Gasteiger partial charge is 0.298 e. The second-order valence-electron chi connectivity index (χ2n) is 9.35. The average molecular weight is 532 g/mol. The molecule has 1 N–H and O–H groups in total. The van der Waals surface area contributed by atoms with Crippen LogP contribution in [0.2, 0.25) is 0 Å². The summed E-state index contributed by atoms with van der Waals surface area (Å²) in [4.78, 5) is 37.8. The second kappa shape index (κ2) is 11.5. The molecule has 5 rings (SSSR count). The van der Waals surface area contributed by atoms with Crippen LogP contribution in [0.4, 0.5) is 10.3 Å². The van der Waals surface area contributed by atoms with Crippen molar-refractivity contribution in [3.05, 3.63) is 93.7 Å². The van der Waals surface area contributed by atoms with Crippen molar-refractivity contribution in [1.29, 1.82) is 0 Å². The van der Waals surface area contributed by atoms with E-state index < -0.39 is 11.7 Å². The molecule has 0 aliphatic carbocycles. The molecule has 0 atom stereocenters. The van der Waals surface area contributed by atoms with Crippen LogP contribution >= 0.6 is 0 Å². The van der Waals surface area contributed by atoms with Crippen molar-refractivity contribution in [3.8, 4) is 11.4 Å². The van der Waals surface area contributed by atoms with E-state index in [4.69, 9.17) is 4.74 Å². The van der Waals surface area contributed by atoms with Gasteiger partial charge in [-0.3, -0.25) is 14.2 Å². The molecule has 0 saturated heterocycles. The third-order valence-electron chi connectivity index (χ3n) is 6.55. The van der Waals surface area contributed by atoms with Crippen LogP contribution in [0, 0.1) is 12.7 Å². The van der Waals surface area contributed by atoms with E-state index in [1.54, 1.807) is 17.6 Å². The summed E-state index contributed by atoms with van der Waals surface area (Å²) in [5.41, 5.74) is 1.46. The molecule has 0 fully saturated rings. The molecular formula is C28H30FN7O3. The number of anilines is 1. The molecule has 11 heteroatoms. The van der Waals surface area contributed by atoms with Crippen molar-refractivity contribution in [1.82, 2.24) is 29.6 Å². The standard InChI is InChI=1S/C28H30FN7O3/c1-3-4-12-34-13-14-35-27(38)25(39-17-20-8-6-5-7-9-20)24(32-28(34)35)26(37)30-16-21-10-11-22(29)15-23(21)36-18-31-19(2)33-36/h5-11,15,18H,3-4,12-14,16-17H2,1-2H3,(H,30,37). The summed E-state index contributed by atoms with van der Waals surface area (Å²) in [5.74, 6) is -0.101. The zero-order valence-electron chi connectivity index (χ0n) is 21.9. The molecule has 202 valence electrons. The number of amides is 1. The predicted octanol–water partition coefficient (Wildman–Crippen LogP) is 3.40. The van der Waals surface area contributed by atoms with Crippen molar-refractivity contribution >= 4 is 11.9 Å². The maximum atomic E-state index is 14.1. The molecule has 0 saturated carbocycles. The van der Waals surface area contributed by atoms with Gasteiger partial charge in [0.1, 0.15) is 24.6 Å². The lowest BCUT2D eigenvalue weighted by atomic mass is 10.1. The number of unbranched alkanes of at least 4 members (excludes halogenated alkanes) is 1. The van der Waals surface area contributed by atoms with E-state index in [1.807, 2.05) is 35.2 Å². The van der Waals surface area contributed by atoms with Gasteiger partial charge in [-0.15, -0.1) is 0 Å². The van der Waals surface area contributed by atoms with Gasteiger partial charge >= 0.3 is 0 Å². The van der Waals surface area contributed by atoms with Gasteiger partial charge in [-0.25, -0.2) is 19.0 Å². The average Bonchev–Trinajstić information content (AvgIpc) is 3.57. The molecule has 2 aromatic heterocycles. The van der Waals surface area contributed by atoms with Crippen LogP contribution in [-0.2, 0) is 19.7 Å². The van der Waals surface area contributed by atoms with E-state index in [-0.39, 0.29) is 30.2 Å². The van der Waals surface area contributed by atoms with Crippen molar-refractivity contribution in [2.24, 2.45) is 0 Å². The Bertz CT molecular complexity index is 1530. The van der Waals surface area contributed by atoms with E-state index in [0.29, 0.717) is 36.1 Å². The quantitative estimate of drug-likeness (QED) is 0.334. The summed E-state index contributed by atoms with van der Waals surface area (Å²) in [6.07, 6.45) is 3.43. The van der Waals surface area contributed by atoms with Gasteiger partial charge in [-0.1, -0.05) is 49.7 Å². The third-order valence-corrected chi connectivity index (χ3v) is 6.55. The molecule has 2 aromatic carbocycles. The zero-order valence-corrected chi connectivity index (χ0v) is 21.9. The fourth-order valence-corrected chi connectivity index (χ4v) is 4.48. The van der Waals surface area contributed by atoms with Crippen molar-refractivity contribution in [2.75, 3.05) is 18.0 Å². The lowest BCUT2D eigenvalue weighted by molar-refractivity contribution is 0.0940. The van der Waals surface area contributed by atoms with Crippen LogP contribution in [0.25, 0.3) is 5.69 Å². The first kappa shape index (κ1) is 26.1. The van der Waals surface area contributed by atoms with Crippen LogP contribution in [0.15, 0.2) is 59.7 Å². The number of carbonyl (C=O) groups excluding carboxylic acids is 1. The van der Waals surface area contributed by atoms with E-state index in [2.05, 4.69) is 27.3 Å². The minimum absolute atomic E-state index is 0.0468. The monoisotopic (exact) mass is 531 g/mol. The molecule has 10 nitrogen and oxygen atoms in total.